The summed E-state index contributed by atoms with van der Waals surface area (Å²) in [6.07, 6.45) is 7.48. The van der Waals surface area contributed by atoms with Crippen LogP contribution in [0.5, 0.6) is 0 Å². The molecule has 4 rings (SSSR count). The molecular formula is C20H35ClFN3O. The van der Waals surface area contributed by atoms with Crippen molar-refractivity contribution in [2.24, 2.45) is 23.7 Å². The maximum Gasteiger partial charge on any atom is 0.144 e. The summed E-state index contributed by atoms with van der Waals surface area (Å²) >= 11 is 6.04. The molecule has 1 aliphatic carbocycles. The van der Waals surface area contributed by atoms with Gasteiger partial charge in [0.1, 0.15) is 11.7 Å². The molecular weight excluding hydrogens is 353 g/mol. The van der Waals surface area contributed by atoms with Gasteiger partial charge in [0.15, 0.2) is 0 Å². The highest BCUT2D eigenvalue weighted by Crippen LogP contribution is 2.42. The summed E-state index contributed by atoms with van der Waals surface area (Å²) in [6.45, 7) is 5.01. The number of hydrogen-bond donors (Lipinski definition) is 3. The summed E-state index contributed by atoms with van der Waals surface area (Å²) in [5.74, 6) is 2.14. The van der Waals surface area contributed by atoms with Crippen molar-refractivity contribution in [1.82, 2.24) is 15.5 Å². The standard InChI is InChI=1S/C20H35ClFN3O/c1-12-9-13(4-6-16(12)22)19-15(3-2-8-23-19)14-5-7-18-24-10-17(20(21)26)25(18)11-14/h12-20,23-24,26H,2-11H2,1H3. The van der Waals surface area contributed by atoms with Crippen LogP contribution in [-0.4, -0.2) is 59.6 Å². The number of aliphatic hydroxyl groups excluding tert-OH is 1. The van der Waals surface area contributed by atoms with Gasteiger partial charge in [0.05, 0.1) is 12.2 Å². The second-order valence-electron chi connectivity index (χ2n) is 9.25. The Balaban J connectivity index is 1.44. The number of alkyl halides is 2. The van der Waals surface area contributed by atoms with Crippen molar-refractivity contribution >= 4 is 11.6 Å². The molecule has 150 valence electrons. The Morgan fingerprint density at radius 2 is 1.92 bits per heavy atom. The second kappa shape index (κ2) is 8.20. The third-order valence-electron chi connectivity index (χ3n) is 7.74. The van der Waals surface area contributed by atoms with E-state index in [1.54, 1.807) is 0 Å². The molecule has 3 saturated heterocycles. The van der Waals surface area contributed by atoms with Gasteiger partial charge >= 0.3 is 0 Å². The Labute approximate surface area is 162 Å². The third kappa shape index (κ3) is 3.80. The van der Waals surface area contributed by atoms with E-state index < -0.39 is 11.7 Å². The van der Waals surface area contributed by atoms with Crippen molar-refractivity contribution in [3.63, 3.8) is 0 Å². The fourth-order valence-electron chi connectivity index (χ4n) is 6.30. The van der Waals surface area contributed by atoms with Gasteiger partial charge in [-0.15, -0.1) is 0 Å². The van der Waals surface area contributed by atoms with Gasteiger partial charge in [0.2, 0.25) is 0 Å². The van der Waals surface area contributed by atoms with Gasteiger partial charge in [-0.05, 0) is 75.2 Å². The van der Waals surface area contributed by atoms with Crippen LogP contribution in [0.1, 0.15) is 51.9 Å². The summed E-state index contributed by atoms with van der Waals surface area (Å²) in [5.41, 5.74) is -0.799. The number of rotatable bonds is 3. The van der Waals surface area contributed by atoms with E-state index in [1.165, 1.54) is 19.3 Å². The summed E-state index contributed by atoms with van der Waals surface area (Å²) in [4.78, 5) is 2.42. The van der Waals surface area contributed by atoms with Gasteiger partial charge in [-0.2, -0.15) is 0 Å². The van der Waals surface area contributed by atoms with Crippen molar-refractivity contribution in [3.05, 3.63) is 0 Å². The highest BCUT2D eigenvalue weighted by molar-refractivity contribution is 6.20. The lowest BCUT2D eigenvalue weighted by molar-refractivity contribution is 0.0131. The SMILES string of the molecule is CC1CC(C2NCCCC2C2CCC3NCC(C(O)Cl)N3C2)CCC1F. The van der Waals surface area contributed by atoms with E-state index in [2.05, 4.69) is 22.5 Å². The molecule has 0 radical (unpaired) electrons. The average molecular weight is 388 g/mol. The summed E-state index contributed by atoms with van der Waals surface area (Å²) < 4.78 is 14.0. The fourth-order valence-corrected chi connectivity index (χ4v) is 6.54. The lowest BCUT2D eigenvalue weighted by Gasteiger charge is -2.48. The van der Waals surface area contributed by atoms with Gasteiger partial charge < -0.3 is 10.4 Å². The first kappa shape index (κ1) is 19.4. The van der Waals surface area contributed by atoms with Crippen LogP contribution in [0.25, 0.3) is 0 Å². The lowest BCUT2D eigenvalue weighted by Crippen LogP contribution is -2.55. The molecule has 3 aliphatic heterocycles. The average Bonchev–Trinajstić information content (AvgIpc) is 3.07. The van der Waals surface area contributed by atoms with E-state index in [-0.39, 0.29) is 12.0 Å². The molecule has 3 N–H and O–H groups in total. The number of fused-ring (bicyclic) bond motifs is 1. The quantitative estimate of drug-likeness (QED) is 0.651. The number of hydrogen-bond acceptors (Lipinski definition) is 4. The Morgan fingerprint density at radius 1 is 1.12 bits per heavy atom. The van der Waals surface area contributed by atoms with Gasteiger partial charge in [0.25, 0.3) is 0 Å². The molecule has 1 saturated carbocycles. The zero-order valence-electron chi connectivity index (χ0n) is 15.9. The minimum absolute atomic E-state index is 0.0291. The number of aliphatic hydroxyl groups is 1. The van der Waals surface area contributed by atoms with Crippen LogP contribution in [0.3, 0.4) is 0 Å². The van der Waals surface area contributed by atoms with Crippen molar-refractivity contribution < 1.29 is 9.50 Å². The van der Waals surface area contributed by atoms with E-state index in [0.29, 0.717) is 30.0 Å². The normalized spacial score (nSPS) is 48.9. The van der Waals surface area contributed by atoms with Gasteiger partial charge in [-0.25, -0.2) is 4.39 Å². The molecule has 9 atom stereocenters. The van der Waals surface area contributed by atoms with Crippen molar-refractivity contribution in [3.8, 4) is 0 Å². The Hall–Kier alpha value is 0.0600. The molecule has 4 fully saturated rings. The molecule has 0 aromatic heterocycles. The fraction of sp³-hybridized carbons (Fsp3) is 1.00. The van der Waals surface area contributed by atoms with Crippen LogP contribution in [0.15, 0.2) is 0 Å². The van der Waals surface area contributed by atoms with Crippen LogP contribution in [0, 0.1) is 23.7 Å². The molecule has 0 aromatic rings. The van der Waals surface area contributed by atoms with Crippen molar-refractivity contribution in [1.29, 1.82) is 0 Å². The zero-order valence-corrected chi connectivity index (χ0v) is 16.7. The Kier molecular flexibility index (Phi) is 6.11. The molecule has 26 heavy (non-hydrogen) atoms. The van der Waals surface area contributed by atoms with E-state index in [4.69, 9.17) is 11.6 Å². The number of nitrogens with one attached hydrogen (secondary N) is 2. The smallest absolute Gasteiger partial charge is 0.144 e. The first-order valence-corrected chi connectivity index (χ1v) is 11.2. The molecule has 0 bridgehead atoms. The van der Waals surface area contributed by atoms with Crippen LogP contribution >= 0.6 is 11.6 Å². The molecule has 0 aromatic carbocycles. The zero-order chi connectivity index (χ0) is 18.3. The van der Waals surface area contributed by atoms with Crippen molar-refractivity contribution in [2.75, 3.05) is 19.6 Å². The van der Waals surface area contributed by atoms with E-state index in [1.807, 2.05) is 0 Å². The summed E-state index contributed by atoms with van der Waals surface area (Å²) in [6, 6.07) is 0.566. The van der Waals surface area contributed by atoms with Crippen molar-refractivity contribution in [2.45, 2.75) is 81.9 Å². The Morgan fingerprint density at radius 3 is 2.69 bits per heavy atom. The molecule has 6 heteroatoms. The number of piperidine rings is 2. The third-order valence-corrected chi connectivity index (χ3v) is 8.03. The predicted molar refractivity (Wildman–Crippen MR) is 103 cm³/mol. The molecule has 4 aliphatic rings. The number of nitrogens with zero attached hydrogens (tertiary/aromatic N) is 1. The number of halogens is 2. The van der Waals surface area contributed by atoms with E-state index in [0.717, 1.165) is 45.3 Å². The minimum Gasteiger partial charge on any atom is -0.376 e. The molecule has 3 heterocycles. The highest BCUT2D eigenvalue weighted by atomic mass is 35.5. The monoisotopic (exact) mass is 387 g/mol. The first-order valence-electron chi connectivity index (χ1n) is 10.7. The van der Waals surface area contributed by atoms with Gasteiger partial charge in [-0.3, -0.25) is 10.2 Å². The van der Waals surface area contributed by atoms with Gasteiger partial charge in [0, 0.05) is 19.1 Å². The van der Waals surface area contributed by atoms with Crippen LogP contribution < -0.4 is 10.6 Å². The lowest BCUT2D eigenvalue weighted by atomic mass is 9.67. The summed E-state index contributed by atoms with van der Waals surface area (Å²) in [7, 11) is 0. The Bertz CT molecular complexity index is 482. The molecule has 0 amide bonds. The summed E-state index contributed by atoms with van der Waals surface area (Å²) in [5, 5.41) is 17.3. The molecule has 4 nitrogen and oxygen atoms in total. The highest BCUT2D eigenvalue weighted by Gasteiger charge is 2.45. The molecule has 9 unspecified atom stereocenters. The maximum absolute atomic E-state index is 14.0. The molecule has 0 spiro atoms. The maximum atomic E-state index is 14.0. The van der Waals surface area contributed by atoms with Crippen LogP contribution in [0.2, 0.25) is 0 Å². The van der Waals surface area contributed by atoms with E-state index >= 15 is 0 Å². The first-order chi connectivity index (χ1) is 12.5. The van der Waals surface area contributed by atoms with Crippen LogP contribution in [-0.2, 0) is 0 Å². The topological polar surface area (TPSA) is 47.5 Å². The predicted octanol–water partition coefficient (Wildman–Crippen LogP) is 2.70. The minimum atomic E-state index is -0.799. The largest absolute Gasteiger partial charge is 0.376 e. The van der Waals surface area contributed by atoms with Gasteiger partial charge in [-0.1, -0.05) is 18.5 Å². The van der Waals surface area contributed by atoms with Crippen LogP contribution in [0.4, 0.5) is 4.39 Å². The van der Waals surface area contributed by atoms with E-state index in [9.17, 15) is 9.50 Å². The second-order valence-corrected chi connectivity index (χ2v) is 9.70.